The van der Waals surface area contributed by atoms with Gasteiger partial charge in [0.05, 0.1) is 4.90 Å². The topological polar surface area (TPSA) is 52.7 Å². The van der Waals surface area contributed by atoms with Gasteiger partial charge in [0.25, 0.3) is 0 Å². The predicted octanol–water partition coefficient (Wildman–Crippen LogP) is 1.54. The lowest BCUT2D eigenvalue weighted by Gasteiger charge is -2.22. The summed E-state index contributed by atoms with van der Waals surface area (Å²) in [5, 5.41) is 3.37. The fourth-order valence-corrected chi connectivity index (χ4v) is 5.08. The van der Waals surface area contributed by atoms with Gasteiger partial charge in [0.2, 0.25) is 10.0 Å². The molecule has 1 spiro atoms. The Kier molecular flexibility index (Phi) is 5.74. The van der Waals surface area contributed by atoms with E-state index >= 15 is 0 Å². The minimum Gasteiger partial charge on any atom is -0.316 e. The quantitative estimate of drug-likeness (QED) is 0.886. The van der Waals surface area contributed by atoms with E-state index in [1.807, 2.05) is 26.2 Å². The van der Waals surface area contributed by atoms with E-state index in [1.54, 1.807) is 16.4 Å². The average Bonchev–Trinajstić information content (AvgIpc) is 3.10. The zero-order chi connectivity index (χ0) is 15.8. The van der Waals surface area contributed by atoms with Crippen molar-refractivity contribution in [3.8, 4) is 0 Å². The van der Waals surface area contributed by atoms with Crippen molar-refractivity contribution in [3.05, 3.63) is 29.8 Å². The monoisotopic (exact) mass is 359 g/mol. The number of hydrogen-bond donors (Lipinski definition) is 1. The van der Waals surface area contributed by atoms with Crippen molar-refractivity contribution in [1.29, 1.82) is 0 Å². The van der Waals surface area contributed by atoms with Crippen molar-refractivity contribution in [2.24, 2.45) is 5.41 Å². The molecule has 2 saturated heterocycles. The number of hydrogen-bond acceptors (Lipinski definition) is 4. The van der Waals surface area contributed by atoms with Gasteiger partial charge in [-0.25, -0.2) is 8.42 Å². The van der Waals surface area contributed by atoms with Crippen LogP contribution in [0.4, 0.5) is 0 Å². The molecule has 2 heterocycles. The zero-order valence-corrected chi connectivity index (χ0v) is 15.4. The average molecular weight is 360 g/mol. The molecule has 0 amide bonds. The molecule has 0 saturated carbocycles. The standard InChI is InChI=1S/C16H25N3O2S.ClH/c1-18(2)11-14-3-5-15(6-4-14)22(20,21)19-10-8-16(13-19)7-9-17-12-16;/h3-6,17H,7-13H2,1-2H3;1H. The molecular formula is C16H26ClN3O2S. The molecule has 2 fully saturated rings. The second kappa shape index (κ2) is 7.07. The third-order valence-corrected chi connectivity index (χ3v) is 6.65. The summed E-state index contributed by atoms with van der Waals surface area (Å²) >= 11 is 0. The highest BCUT2D eigenvalue weighted by Gasteiger charge is 2.44. The summed E-state index contributed by atoms with van der Waals surface area (Å²) in [7, 11) is 0.652. The first-order valence-corrected chi connectivity index (χ1v) is 9.30. The van der Waals surface area contributed by atoms with Gasteiger partial charge in [-0.1, -0.05) is 12.1 Å². The molecule has 1 aromatic carbocycles. The molecule has 2 aliphatic rings. The molecule has 0 radical (unpaired) electrons. The number of rotatable bonds is 4. The number of nitrogens with one attached hydrogen (secondary N) is 1. The third kappa shape index (κ3) is 3.88. The highest BCUT2D eigenvalue weighted by Crippen LogP contribution is 2.38. The predicted molar refractivity (Wildman–Crippen MR) is 94.4 cm³/mol. The molecule has 1 N–H and O–H groups in total. The minimum absolute atomic E-state index is 0. The third-order valence-electron chi connectivity index (χ3n) is 4.80. The molecule has 0 aromatic heterocycles. The van der Waals surface area contributed by atoms with Crippen LogP contribution in [-0.4, -0.2) is 57.9 Å². The first kappa shape index (κ1) is 18.7. The van der Waals surface area contributed by atoms with E-state index in [9.17, 15) is 8.42 Å². The second-order valence-electron chi connectivity index (χ2n) is 6.90. The summed E-state index contributed by atoms with van der Waals surface area (Å²) in [6.07, 6.45) is 2.05. The van der Waals surface area contributed by atoms with Crippen molar-refractivity contribution in [2.75, 3.05) is 40.3 Å². The molecule has 1 atom stereocenters. The number of nitrogens with zero attached hydrogens (tertiary/aromatic N) is 2. The first-order chi connectivity index (χ1) is 10.4. The normalized spacial score (nSPS) is 25.2. The van der Waals surface area contributed by atoms with Gasteiger partial charge in [-0.2, -0.15) is 4.31 Å². The second-order valence-corrected chi connectivity index (χ2v) is 8.84. The molecular weight excluding hydrogens is 334 g/mol. The van der Waals surface area contributed by atoms with Crippen molar-refractivity contribution in [3.63, 3.8) is 0 Å². The van der Waals surface area contributed by atoms with Crippen LogP contribution in [0.2, 0.25) is 0 Å². The van der Waals surface area contributed by atoms with Crippen LogP contribution in [0.15, 0.2) is 29.2 Å². The smallest absolute Gasteiger partial charge is 0.243 e. The zero-order valence-electron chi connectivity index (χ0n) is 13.8. The van der Waals surface area contributed by atoms with Gasteiger partial charge in [-0.15, -0.1) is 12.4 Å². The Hall–Kier alpha value is -0.660. The lowest BCUT2D eigenvalue weighted by Crippen LogP contribution is -2.33. The Morgan fingerprint density at radius 1 is 1.22 bits per heavy atom. The Labute approximate surface area is 145 Å². The molecule has 5 nitrogen and oxygen atoms in total. The molecule has 7 heteroatoms. The van der Waals surface area contributed by atoms with Crippen LogP contribution in [-0.2, 0) is 16.6 Å². The summed E-state index contributed by atoms with van der Waals surface area (Å²) < 4.78 is 27.3. The van der Waals surface area contributed by atoms with Crippen molar-refractivity contribution in [1.82, 2.24) is 14.5 Å². The van der Waals surface area contributed by atoms with Gasteiger partial charge in [-0.05, 0) is 56.6 Å². The SMILES string of the molecule is CN(C)Cc1ccc(S(=O)(=O)N2CCC3(CCNC3)C2)cc1.Cl. The van der Waals surface area contributed by atoms with Gasteiger partial charge in [0, 0.05) is 26.2 Å². The summed E-state index contributed by atoms with van der Waals surface area (Å²) in [6.45, 7) is 4.07. The minimum atomic E-state index is -3.36. The lowest BCUT2D eigenvalue weighted by molar-refractivity contribution is 0.338. The fraction of sp³-hybridized carbons (Fsp3) is 0.625. The Morgan fingerprint density at radius 2 is 1.91 bits per heavy atom. The van der Waals surface area contributed by atoms with Crippen LogP contribution < -0.4 is 5.32 Å². The molecule has 0 aliphatic carbocycles. The van der Waals surface area contributed by atoms with Crippen LogP contribution in [0.5, 0.6) is 0 Å². The van der Waals surface area contributed by atoms with E-state index in [4.69, 9.17) is 0 Å². The van der Waals surface area contributed by atoms with E-state index < -0.39 is 10.0 Å². The van der Waals surface area contributed by atoms with Crippen LogP contribution in [0, 0.1) is 5.41 Å². The Morgan fingerprint density at radius 3 is 2.48 bits per heavy atom. The van der Waals surface area contributed by atoms with Crippen molar-refractivity contribution in [2.45, 2.75) is 24.3 Å². The Bertz CT molecular complexity index is 625. The van der Waals surface area contributed by atoms with E-state index in [0.29, 0.717) is 18.0 Å². The van der Waals surface area contributed by atoms with Crippen molar-refractivity contribution >= 4 is 22.4 Å². The summed E-state index contributed by atoms with van der Waals surface area (Å²) in [6, 6.07) is 7.31. The van der Waals surface area contributed by atoms with Gasteiger partial charge in [0.15, 0.2) is 0 Å². The maximum Gasteiger partial charge on any atom is 0.243 e. The van der Waals surface area contributed by atoms with Gasteiger partial charge in [0.1, 0.15) is 0 Å². The first-order valence-electron chi connectivity index (χ1n) is 7.86. The number of benzene rings is 1. The maximum absolute atomic E-state index is 12.8. The van der Waals surface area contributed by atoms with E-state index in [0.717, 1.165) is 38.0 Å². The summed E-state index contributed by atoms with van der Waals surface area (Å²) in [5.74, 6) is 0. The van der Waals surface area contributed by atoms with Gasteiger partial charge >= 0.3 is 0 Å². The fourth-order valence-electron chi connectivity index (χ4n) is 3.52. The largest absolute Gasteiger partial charge is 0.316 e. The molecule has 3 rings (SSSR count). The molecule has 1 aromatic rings. The molecule has 23 heavy (non-hydrogen) atoms. The van der Waals surface area contributed by atoms with E-state index in [1.165, 1.54) is 0 Å². The summed E-state index contributed by atoms with van der Waals surface area (Å²) in [4.78, 5) is 2.49. The number of sulfonamides is 1. The van der Waals surface area contributed by atoms with Crippen LogP contribution in [0.3, 0.4) is 0 Å². The van der Waals surface area contributed by atoms with Gasteiger partial charge in [-0.3, -0.25) is 0 Å². The van der Waals surface area contributed by atoms with Crippen molar-refractivity contribution < 1.29 is 8.42 Å². The highest BCUT2D eigenvalue weighted by atomic mass is 35.5. The molecule has 130 valence electrons. The van der Waals surface area contributed by atoms with Gasteiger partial charge < -0.3 is 10.2 Å². The maximum atomic E-state index is 12.8. The molecule has 1 unspecified atom stereocenters. The lowest BCUT2D eigenvalue weighted by atomic mass is 9.87. The molecule has 2 aliphatic heterocycles. The van der Waals surface area contributed by atoms with Crippen LogP contribution >= 0.6 is 12.4 Å². The summed E-state index contributed by atoms with van der Waals surface area (Å²) in [5.41, 5.74) is 1.29. The van der Waals surface area contributed by atoms with E-state index in [2.05, 4.69) is 10.2 Å². The van der Waals surface area contributed by atoms with E-state index in [-0.39, 0.29) is 17.8 Å². The Balaban J connectivity index is 0.00000192. The van der Waals surface area contributed by atoms with Crippen LogP contribution in [0.25, 0.3) is 0 Å². The highest BCUT2D eigenvalue weighted by molar-refractivity contribution is 7.89. The number of halogens is 1. The van der Waals surface area contributed by atoms with Crippen LogP contribution in [0.1, 0.15) is 18.4 Å². The molecule has 0 bridgehead atoms.